The van der Waals surface area contributed by atoms with Gasteiger partial charge in [0, 0.05) is 18.8 Å². The van der Waals surface area contributed by atoms with Gasteiger partial charge in [0.25, 0.3) is 0 Å². The molecule has 1 unspecified atom stereocenters. The van der Waals surface area contributed by atoms with Crippen molar-refractivity contribution in [2.75, 3.05) is 38.6 Å². The Morgan fingerprint density at radius 1 is 1.24 bits per heavy atom. The predicted octanol–water partition coefficient (Wildman–Crippen LogP) is 0.865. The first-order valence-electron chi connectivity index (χ1n) is 6.36. The van der Waals surface area contributed by atoms with Crippen molar-refractivity contribution in [2.24, 2.45) is 0 Å². The summed E-state index contributed by atoms with van der Waals surface area (Å²) in [4.78, 5) is 0.928. The summed E-state index contributed by atoms with van der Waals surface area (Å²) in [5, 5.41) is 18.5. The lowest BCUT2D eigenvalue weighted by Crippen LogP contribution is -2.42. The van der Waals surface area contributed by atoms with Crippen LogP contribution in [0.2, 0.25) is 0 Å². The number of halogens is 3. The molecular formula is C13H19F3N2O3. The normalized spacial score (nSPS) is 13.4. The first-order valence-corrected chi connectivity index (χ1v) is 6.36. The number of nitrogens with two attached hydrogens (primary N) is 1. The monoisotopic (exact) mass is 308 g/mol. The molecule has 1 rings (SSSR count). The predicted molar refractivity (Wildman–Crippen MR) is 71.9 cm³/mol. The number of ether oxygens (including phenoxy) is 1. The molecule has 8 heteroatoms. The van der Waals surface area contributed by atoms with Gasteiger partial charge in [0.15, 0.2) is 0 Å². The maximum absolute atomic E-state index is 12.3. The van der Waals surface area contributed by atoms with Crippen molar-refractivity contribution in [3.8, 4) is 5.75 Å². The molecule has 1 atom stereocenters. The summed E-state index contributed by atoms with van der Waals surface area (Å²) in [5.41, 5.74) is 6.06. The lowest BCUT2D eigenvalue weighted by Gasteiger charge is -2.25. The molecule has 0 saturated heterocycles. The Morgan fingerprint density at radius 3 is 2.38 bits per heavy atom. The highest BCUT2D eigenvalue weighted by molar-refractivity contribution is 5.41. The van der Waals surface area contributed by atoms with E-state index in [-0.39, 0.29) is 19.7 Å². The van der Waals surface area contributed by atoms with E-state index in [9.17, 15) is 18.3 Å². The van der Waals surface area contributed by atoms with Crippen molar-refractivity contribution in [1.29, 1.82) is 0 Å². The van der Waals surface area contributed by atoms with Crippen LogP contribution < -0.4 is 10.5 Å². The average molecular weight is 308 g/mol. The summed E-state index contributed by atoms with van der Waals surface area (Å²) in [5.74, 6) is 0.466. The summed E-state index contributed by atoms with van der Waals surface area (Å²) in [6, 6.07) is 6.43. The zero-order chi connectivity index (χ0) is 15.9. The second-order valence-electron chi connectivity index (χ2n) is 4.61. The van der Waals surface area contributed by atoms with Crippen molar-refractivity contribution in [1.82, 2.24) is 4.90 Å². The Bertz CT molecular complexity index is 412. The lowest BCUT2D eigenvalue weighted by atomic mass is 10.3. The molecule has 120 valence electrons. The Balaban J connectivity index is 2.42. The fourth-order valence-corrected chi connectivity index (χ4v) is 1.74. The minimum Gasteiger partial charge on any atom is -0.491 e. The highest BCUT2D eigenvalue weighted by Crippen LogP contribution is 2.17. The van der Waals surface area contributed by atoms with Crippen LogP contribution in [-0.4, -0.2) is 60.2 Å². The number of alkyl halides is 3. The Morgan fingerprint density at radius 2 is 1.86 bits per heavy atom. The molecule has 0 radical (unpaired) electrons. The largest absolute Gasteiger partial charge is 0.491 e. The first kappa shape index (κ1) is 17.5. The summed E-state index contributed by atoms with van der Waals surface area (Å²) in [7, 11) is 0. The van der Waals surface area contributed by atoms with E-state index in [4.69, 9.17) is 15.6 Å². The molecule has 4 N–H and O–H groups in total. The van der Waals surface area contributed by atoms with Crippen LogP contribution >= 0.6 is 0 Å². The topological polar surface area (TPSA) is 79.0 Å². The second kappa shape index (κ2) is 8.06. The molecule has 1 aromatic rings. The molecule has 0 spiro atoms. The fourth-order valence-electron chi connectivity index (χ4n) is 1.74. The summed E-state index contributed by atoms with van der Waals surface area (Å²) in [6.45, 7) is -2.16. The van der Waals surface area contributed by atoms with Crippen molar-refractivity contribution in [2.45, 2.75) is 12.3 Å². The molecule has 0 aromatic heterocycles. The SMILES string of the molecule is Nc1ccc(OCC(O)CN(CCO)CC(F)(F)F)cc1. The number of hydrogen-bond donors (Lipinski definition) is 3. The highest BCUT2D eigenvalue weighted by atomic mass is 19.4. The average Bonchev–Trinajstić information content (AvgIpc) is 2.36. The van der Waals surface area contributed by atoms with Crippen LogP contribution in [0.3, 0.4) is 0 Å². The van der Waals surface area contributed by atoms with Crippen molar-refractivity contribution in [3.63, 3.8) is 0 Å². The van der Waals surface area contributed by atoms with Crippen LogP contribution in [0.4, 0.5) is 18.9 Å². The van der Waals surface area contributed by atoms with Crippen LogP contribution in [0.5, 0.6) is 5.75 Å². The molecule has 0 amide bonds. The smallest absolute Gasteiger partial charge is 0.401 e. The van der Waals surface area contributed by atoms with E-state index in [1.165, 1.54) is 0 Å². The maximum atomic E-state index is 12.3. The molecule has 0 aliphatic heterocycles. The number of hydrogen-bond acceptors (Lipinski definition) is 5. The van der Waals surface area contributed by atoms with Crippen LogP contribution in [0, 0.1) is 0 Å². The zero-order valence-electron chi connectivity index (χ0n) is 11.4. The third-order valence-electron chi connectivity index (χ3n) is 2.61. The fraction of sp³-hybridized carbons (Fsp3) is 0.538. The lowest BCUT2D eigenvalue weighted by molar-refractivity contribution is -0.149. The molecule has 0 heterocycles. The van der Waals surface area contributed by atoms with Crippen LogP contribution in [0.1, 0.15) is 0 Å². The van der Waals surface area contributed by atoms with Gasteiger partial charge in [0.1, 0.15) is 18.5 Å². The van der Waals surface area contributed by atoms with Crippen molar-refractivity contribution in [3.05, 3.63) is 24.3 Å². The van der Waals surface area contributed by atoms with E-state index in [1.54, 1.807) is 24.3 Å². The third-order valence-corrected chi connectivity index (χ3v) is 2.61. The van der Waals surface area contributed by atoms with Gasteiger partial charge < -0.3 is 20.7 Å². The number of rotatable bonds is 8. The molecule has 5 nitrogen and oxygen atoms in total. The molecule has 0 fully saturated rings. The Labute approximate surface area is 120 Å². The number of nitrogens with zero attached hydrogens (tertiary/aromatic N) is 1. The number of aliphatic hydroxyl groups excluding tert-OH is 2. The molecule has 1 aromatic carbocycles. The zero-order valence-corrected chi connectivity index (χ0v) is 11.4. The highest BCUT2D eigenvalue weighted by Gasteiger charge is 2.31. The minimum absolute atomic E-state index is 0.149. The van der Waals surface area contributed by atoms with E-state index in [1.807, 2.05) is 0 Å². The quantitative estimate of drug-likeness (QED) is 0.621. The standard InChI is InChI=1S/C13H19F3N2O3/c14-13(15,16)9-18(5-6-19)7-11(20)8-21-12-3-1-10(17)2-4-12/h1-4,11,19-20H,5-9,17H2. The Hall–Kier alpha value is -1.51. The molecular weight excluding hydrogens is 289 g/mol. The van der Waals surface area contributed by atoms with Crippen molar-refractivity contribution >= 4 is 5.69 Å². The van der Waals surface area contributed by atoms with Gasteiger partial charge in [-0.15, -0.1) is 0 Å². The number of anilines is 1. The molecule has 0 saturated carbocycles. The summed E-state index contributed by atoms with van der Waals surface area (Å²) in [6.07, 6.45) is -5.48. The number of nitrogen functional groups attached to an aromatic ring is 1. The van der Waals surface area contributed by atoms with Gasteiger partial charge in [0.05, 0.1) is 13.2 Å². The van der Waals surface area contributed by atoms with Gasteiger partial charge in [0.2, 0.25) is 0 Å². The molecule has 0 aliphatic carbocycles. The summed E-state index contributed by atoms with van der Waals surface area (Å²) < 4.78 is 42.2. The van der Waals surface area contributed by atoms with Crippen LogP contribution in [0.25, 0.3) is 0 Å². The second-order valence-corrected chi connectivity index (χ2v) is 4.61. The van der Waals surface area contributed by atoms with E-state index in [2.05, 4.69) is 0 Å². The van der Waals surface area contributed by atoms with Gasteiger partial charge >= 0.3 is 6.18 Å². The molecule has 0 aliphatic rings. The van der Waals surface area contributed by atoms with Gasteiger partial charge in [-0.05, 0) is 24.3 Å². The Kier molecular flexibility index (Phi) is 6.73. The minimum atomic E-state index is -4.38. The number of benzene rings is 1. The van der Waals surface area contributed by atoms with Gasteiger partial charge in [-0.2, -0.15) is 13.2 Å². The molecule has 0 bridgehead atoms. The van der Waals surface area contributed by atoms with Gasteiger partial charge in [-0.3, -0.25) is 4.90 Å². The number of aliphatic hydroxyl groups is 2. The third kappa shape index (κ3) is 7.74. The summed E-state index contributed by atoms with van der Waals surface area (Å²) >= 11 is 0. The van der Waals surface area contributed by atoms with Crippen LogP contribution in [-0.2, 0) is 0 Å². The van der Waals surface area contributed by atoms with E-state index in [0.29, 0.717) is 11.4 Å². The van der Waals surface area contributed by atoms with E-state index < -0.39 is 25.4 Å². The van der Waals surface area contributed by atoms with E-state index in [0.717, 1.165) is 4.90 Å². The van der Waals surface area contributed by atoms with Gasteiger partial charge in [-0.1, -0.05) is 0 Å². The van der Waals surface area contributed by atoms with Crippen LogP contribution in [0.15, 0.2) is 24.3 Å². The first-order chi connectivity index (χ1) is 9.80. The maximum Gasteiger partial charge on any atom is 0.401 e. The van der Waals surface area contributed by atoms with Crippen molar-refractivity contribution < 1.29 is 28.1 Å². The molecule has 21 heavy (non-hydrogen) atoms. The van der Waals surface area contributed by atoms with Gasteiger partial charge in [-0.25, -0.2) is 0 Å². The van der Waals surface area contributed by atoms with E-state index >= 15 is 0 Å².